The van der Waals surface area contributed by atoms with E-state index in [4.69, 9.17) is 5.73 Å². The molecule has 0 radical (unpaired) electrons. The van der Waals surface area contributed by atoms with E-state index in [1.54, 1.807) is 0 Å². The van der Waals surface area contributed by atoms with Crippen molar-refractivity contribution in [2.24, 2.45) is 5.73 Å². The maximum Gasteiger partial charge on any atom is 0.0269 e. The summed E-state index contributed by atoms with van der Waals surface area (Å²) in [7, 11) is 0. The van der Waals surface area contributed by atoms with Crippen LogP contribution in [0.2, 0.25) is 0 Å². The Kier molecular flexibility index (Phi) is 3.92. The molecule has 1 aromatic carbocycles. The fraction of sp³-hybridized carbons (Fsp3) is 0.571. The molecule has 1 unspecified atom stereocenters. The van der Waals surface area contributed by atoms with Gasteiger partial charge in [0.25, 0.3) is 0 Å². The van der Waals surface area contributed by atoms with E-state index in [2.05, 4.69) is 52.8 Å². The molecule has 0 spiro atoms. The predicted molar refractivity (Wildman–Crippen MR) is 67.2 cm³/mol. The summed E-state index contributed by atoms with van der Waals surface area (Å²) in [5.41, 5.74) is 10.2. The zero-order chi connectivity index (χ0) is 11.6. The second-order valence-corrected chi connectivity index (χ2v) is 4.95. The van der Waals surface area contributed by atoms with Gasteiger partial charge in [-0.1, -0.05) is 45.9 Å². The molecule has 84 valence electrons. The van der Waals surface area contributed by atoms with Gasteiger partial charge in [0.05, 0.1) is 0 Å². The SMILES string of the molecule is CC(C)c1cccc(C(C)N)c1C(C)C. The molecule has 1 atom stereocenters. The number of nitrogens with two attached hydrogens (primary N) is 1. The van der Waals surface area contributed by atoms with Gasteiger partial charge >= 0.3 is 0 Å². The summed E-state index contributed by atoms with van der Waals surface area (Å²) in [6.07, 6.45) is 0. The Labute approximate surface area is 93.7 Å². The third-order valence-corrected chi connectivity index (χ3v) is 2.86. The molecule has 1 rings (SSSR count). The first-order chi connectivity index (χ1) is 6.95. The first-order valence-electron chi connectivity index (χ1n) is 5.83. The Morgan fingerprint density at radius 3 is 1.80 bits per heavy atom. The second-order valence-electron chi connectivity index (χ2n) is 4.95. The van der Waals surface area contributed by atoms with Crippen molar-refractivity contribution in [3.8, 4) is 0 Å². The molecule has 0 aromatic heterocycles. The number of hydrogen-bond donors (Lipinski definition) is 1. The normalized spacial score (nSPS) is 13.6. The van der Waals surface area contributed by atoms with Crippen molar-refractivity contribution in [3.05, 3.63) is 34.9 Å². The van der Waals surface area contributed by atoms with Crippen LogP contribution in [-0.4, -0.2) is 0 Å². The average Bonchev–Trinajstić information content (AvgIpc) is 2.16. The fourth-order valence-corrected chi connectivity index (χ4v) is 2.17. The summed E-state index contributed by atoms with van der Waals surface area (Å²) in [5.74, 6) is 1.12. The highest BCUT2D eigenvalue weighted by Gasteiger charge is 2.15. The van der Waals surface area contributed by atoms with Gasteiger partial charge in [-0.3, -0.25) is 0 Å². The van der Waals surface area contributed by atoms with Crippen LogP contribution in [0.1, 0.15) is 69.2 Å². The smallest absolute Gasteiger partial charge is 0.0269 e. The van der Waals surface area contributed by atoms with E-state index in [0.717, 1.165) is 0 Å². The number of rotatable bonds is 3. The highest BCUT2D eigenvalue weighted by Crippen LogP contribution is 2.31. The molecule has 0 fully saturated rings. The molecule has 0 amide bonds. The van der Waals surface area contributed by atoms with Crippen molar-refractivity contribution in [1.29, 1.82) is 0 Å². The van der Waals surface area contributed by atoms with E-state index >= 15 is 0 Å². The van der Waals surface area contributed by atoms with Crippen LogP contribution in [0.5, 0.6) is 0 Å². The largest absolute Gasteiger partial charge is 0.324 e. The molecule has 0 aliphatic carbocycles. The molecule has 1 aromatic rings. The standard InChI is InChI=1S/C14H23N/c1-9(2)12-7-6-8-13(11(5)15)14(12)10(3)4/h6-11H,15H2,1-5H3. The van der Waals surface area contributed by atoms with Crippen LogP contribution in [0, 0.1) is 0 Å². The second kappa shape index (κ2) is 4.80. The van der Waals surface area contributed by atoms with Crippen molar-refractivity contribution in [3.63, 3.8) is 0 Å². The van der Waals surface area contributed by atoms with Gasteiger partial charge in [0.15, 0.2) is 0 Å². The average molecular weight is 205 g/mol. The molecule has 0 aliphatic rings. The quantitative estimate of drug-likeness (QED) is 0.794. The van der Waals surface area contributed by atoms with E-state index in [9.17, 15) is 0 Å². The molecule has 0 heterocycles. The van der Waals surface area contributed by atoms with Gasteiger partial charge in [0.2, 0.25) is 0 Å². The predicted octanol–water partition coefficient (Wildman–Crippen LogP) is 3.95. The first-order valence-corrected chi connectivity index (χ1v) is 5.83. The monoisotopic (exact) mass is 205 g/mol. The van der Waals surface area contributed by atoms with E-state index in [1.165, 1.54) is 16.7 Å². The third kappa shape index (κ3) is 2.60. The molecule has 1 heteroatoms. The minimum Gasteiger partial charge on any atom is -0.324 e. The molecule has 0 aliphatic heterocycles. The topological polar surface area (TPSA) is 26.0 Å². The summed E-state index contributed by atoms with van der Waals surface area (Å²) in [5, 5.41) is 0. The fourth-order valence-electron chi connectivity index (χ4n) is 2.17. The van der Waals surface area contributed by atoms with E-state index in [-0.39, 0.29) is 6.04 Å². The van der Waals surface area contributed by atoms with Crippen LogP contribution >= 0.6 is 0 Å². The van der Waals surface area contributed by atoms with E-state index in [0.29, 0.717) is 11.8 Å². The molecule has 0 saturated heterocycles. The maximum absolute atomic E-state index is 6.02. The Morgan fingerprint density at radius 2 is 1.40 bits per heavy atom. The van der Waals surface area contributed by atoms with Gasteiger partial charge in [0.1, 0.15) is 0 Å². The summed E-state index contributed by atoms with van der Waals surface area (Å²) >= 11 is 0. The van der Waals surface area contributed by atoms with Gasteiger partial charge < -0.3 is 5.73 Å². The Hall–Kier alpha value is -0.820. The lowest BCUT2D eigenvalue weighted by Crippen LogP contribution is -2.11. The number of hydrogen-bond acceptors (Lipinski definition) is 1. The lowest BCUT2D eigenvalue weighted by atomic mass is 9.85. The van der Waals surface area contributed by atoms with Crippen molar-refractivity contribution in [2.45, 2.75) is 52.5 Å². The third-order valence-electron chi connectivity index (χ3n) is 2.86. The van der Waals surface area contributed by atoms with E-state index < -0.39 is 0 Å². The highest BCUT2D eigenvalue weighted by atomic mass is 14.6. The van der Waals surface area contributed by atoms with Crippen LogP contribution in [-0.2, 0) is 0 Å². The Balaban J connectivity index is 3.35. The van der Waals surface area contributed by atoms with Gasteiger partial charge in [-0.05, 0) is 35.4 Å². The molecule has 1 nitrogen and oxygen atoms in total. The first kappa shape index (κ1) is 12.3. The number of benzene rings is 1. The minimum atomic E-state index is 0.126. The van der Waals surface area contributed by atoms with Crippen molar-refractivity contribution >= 4 is 0 Å². The van der Waals surface area contributed by atoms with Crippen LogP contribution < -0.4 is 5.73 Å². The zero-order valence-corrected chi connectivity index (χ0v) is 10.5. The van der Waals surface area contributed by atoms with Gasteiger partial charge in [-0.25, -0.2) is 0 Å². The molecular weight excluding hydrogens is 182 g/mol. The summed E-state index contributed by atoms with van der Waals surface area (Å²) in [4.78, 5) is 0. The van der Waals surface area contributed by atoms with Gasteiger partial charge in [-0.15, -0.1) is 0 Å². The molecule has 15 heavy (non-hydrogen) atoms. The summed E-state index contributed by atoms with van der Waals surface area (Å²) in [6, 6.07) is 6.64. The molecule has 2 N–H and O–H groups in total. The molecule has 0 saturated carbocycles. The Morgan fingerprint density at radius 1 is 0.867 bits per heavy atom. The highest BCUT2D eigenvalue weighted by molar-refractivity contribution is 5.40. The van der Waals surface area contributed by atoms with E-state index in [1.807, 2.05) is 0 Å². The van der Waals surface area contributed by atoms with Crippen LogP contribution in [0.4, 0.5) is 0 Å². The van der Waals surface area contributed by atoms with Crippen molar-refractivity contribution in [1.82, 2.24) is 0 Å². The van der Waals surface area contributed by atoms with Crippen molar-refractivity contribution < 1.29 is 0 Å². The minimum absolute atomic E-state index is 0.126. The molecular formula is C14H23N. The lowest BCUT2D eigenvalue weighted by Gasteiger charge is -2.22. The van der Waals surface area contributed by atoms with Crippen LogP contribution in [0.25, 0.3) is 0 Å². The van der Waals surface area contributed by atoms with Gasteiger partial charge in [0, 0.05) is 6.04 Å². The van der Waals surface area contributed by atoms with Crippen LogP contribution in [0.15, 0.2) is 18.2 Å². The summed E-state index contributed by atoms with van der Waals surface area (Å²) < 4.78 is 0. The van der Waals surface area contributed by atoms with Gasteiger partial charge in [-0.2, -0.15) is 0 Å². The molecule has 0 bridgehead atoms. The summed E-state index contributed by atoms with van der Waals surface area (Å²) in [6.45, 7) is 11.0. The zero-order valence-electron chi connectivity index (χ0n) is 10.5. The lowest BCUT2D eigenvalue weighted by molar-refractivity contribution is 0.734. The maximum atomic E-state index is 6.02. The van der Waals surface area contributed by atoms with Crippen molar-refractivity contribution in [2.75, 3.05) is 0 Å². The Bertz CT molecular complexity index is 298. The van der Waals surface area contributed by atoms with Crippen LogP contribution in [0.3, 0.4) is 0 Å².